The van der Waals surface area contributed by atoms with E-state index < -0.39 is 0 Å². The summed E-state index contributed by atoms with van der Waals surface area (Å²) in [4.78, 5) is 0. The summed E-state index contributed by atoms with van der Waals surface area (Å²) in [5, 5.41) is 0. The van der Waals surface area contributed by atoms with Gasteiger partial charge in [-0.15, -0.1) is 0 Å². The lowest BCUT2D eigenvalue weighted by molar-refractivity contribution is -0.0567. The Morgan fingerprint density at radius 1 is 1.03 bits per heavy atom. The van der Waals surface area contributed by atoms with Crippen LogP contribution in [0.1, 0.15) is 77.7 Å². The van der Waals surface area contributed by atoms with Gasteiger partial charge in [-0.1, -0.05) is 68.0 Å². The standard InChI is InChI=1S/C29H40O/c1-20(2)25-12-13-26-24-11-10-22-18-23(30-19-21-8-6-5-7-9-21)14-16-28(22,3)27(24)15-17-29(25,26)4/h5-10,23-27H,1,11-19H2,2-4H3/t23-,24?,25+,26?,27?,28-,29+/m0/s1. The van der Waals surface area contributed by atoms with E-state index in [4.69, 9.17) is 4.74 Å². The van der Waals surface area contributed by atoms with E-state index >= 15 is 0 Å². The third kappa shape index (κ3) is 3.24. The number of allylic oxidation sites excluding steroid dienone is 2. The van der Waals surface area contributed by atoms with Gasteiger partial charge >= 0.3 is 0 Å². The van der Waals surface area contributed by atoms with Crippen LogP contribution in [0.4, 0.5) is 0 Å². The van der Waals surface area contributed by atoms with Gasteiger partial charge in [0.15, 0.2) is 0 Å². The van der Waals surface area contributed by atoms with Crippen LogP contribution < -0.4 is 0 Å². The van der Waals surface area contributed by atoms with E-state index in [1.54, 1.807) is 5.57 Å². The summed E-state index contributed by atoms with van der Waals surface area (Å²) >= 11 is 0. The van der Waals surface area contributed by atoms with Crippen LogP contribution in [0, 0.1) is 34.5 Å². The van der Waals surface area contributed by atoms with E-state index in [1.807, 2.05) is 0 Å². The maximum absolute atomic E-state index is 6.37. The molecule has 0 aliphatic heterocycles. The first kappa shape index (κ1) is 20.6. The van der Waals surface area contributed by atoms with E-state index in [0.717, 1.165) is 36.7 Å². The average molecular weight is 405 g/mol. The Kier molecular flexibility index (Phi) is 5.25. The maximum atomic E-state index is 6.37. The largest absolute Gasteiger partial charge is 0.373 e. The molecule has 3 fully saturated rings. The molecule has 0 heterocycles. The van der Waals surface area contributed by atoms with Gasteiger partial charge in [-0.25, -0.2) is 0 Å². The molecule has 1 aromatic rings. The number of benzene rings is 1. The van der Waals surface area contributed by atoms with Crippen LogP contribution in [0.3, 0.4) is 0 Å². The highest BCUT2D eigenvalue weighted by Crippen LogP contribution is 2.67. The van der Waals surface area contributed by atoms with Gasteiger partial charge in [0.1, 0.15) is 0 Å². The van der Waals surface area contributed by atoms with E-state index in [-0.39, 0.29) is 0 Å². The van der Waals surface area contributed by atoms with Crippen molar-refractivity contribution >= 4 is 0 Å². The molecule has 4 aliphatic carbocycles. The van der Waals surface area contributed by atoms with Crippen molar-refractivity contribution in [2.75, 3.05) is 0 Å². The topological polar surface area (TPSA) is 9.23 Å². The summed E-state index contributed by atoms with van der Waals surface area (Å²) in [6.45, 7) is 12.6. The van der Waals surface area contributed by atoms with E-state index in [0.29, 0.717) is 16.9 Å². The number of rotatable bonds is 4. The predicted octanol–water partition coefficient (Wildman–Crippen LogP) is 7.73. The Balaban J connectivity index is 1.30. The highest BCUT2D eigenvalue weighted by Gasteiger charge is 2.58. The third-order valence-corrected chi connectivity index (χ3v) is 9.98. The first-order valence-electron chi connectivity index (χ1n) is 12.4. The molecule has 0 bridgehead atoms. The maximum Gasteiger partial charge on any atom is 0.0720 e. The predicted molar refractivity (Wildman–Crippen MR) is 125 cm³/mol. The van der Waals surface area contributed by atoms with Gasteiger partial charge in [0, 0.05) is 0 Å². The van der Waals surface area contributed by atoms with Gasteiger partial charge < -0.3 is 4.74 Å². The second-order valence-corrected chi connectivity index (χ2v) is 11.4. The van der Waals surface area contributed by atoms with Gasteiger partial charge in [-0.05, 0) is 98.4 Å². The summed E-state index contributed by atoms with van der Waals surface area (Å²) in [6.07, 6.45) is 13.7. The molecule has 5 rings (SSSR count). The number of hydrogen-bond donors (Lipinski definition) is 0. The SMILES string of the molecule is C=C(C)[C@H]1CCC2C3CC=C4C[C@@H](OCc5ccccc5)CC[C@]4(C)C3CC[C@@]21C. The van der Waals surface area contributed by atoms with Crippen molar-refractivity contribution in [1.29, 1.82) is 0 Å². The first-order valence-corrected chi connectivity index (χ1v) is 12.4. The molecule has 3 saturated carbocycles. The molecular weight excluding hydrogens is 364 g/mol. The molecule has 1 aromatic carbocycles. The van der Waals surface area contributed by atoms with Crippen molar-refractivity contribution in [2.45, 2.75) is 84.8 Å². The summed E-state index contributed by atoms with van der Waals surface area (Å²) in [7, 11) is 0. The van der Waals surface area contributed by atoms with Gasteiger partial charge in [-0.3, -0.25) is 0 Å². The smallest absolute Gasteiger partial charge is 0.0720 e. The molecule has 162 valence electrons. The lowest BCUT2D eigenvalue weighted by atomic mass is 9.47. The zero-order valence-corrected chi connectivity index (χ0v) is 19.3. The third-order valence-electron chi connectivity index (χ3n) is 9.98. The Morgan fingerprint density at radius 3 is 2.60 bits per heavy atom. The lowest BCUT2D eigenvalue weighted by Crippen LogP contribution is -2.50. The zero-order valence-electron chi connectivity index (χ0n) is 19.3. The molecular formula is C29H40O. The molecule has 0 spiro atoms. The van der Waals surface area contributed by atoms with Gasteiger partial charge in [-0.2, -0.15) is 0 Å². The molecule has 3 unspecified atom stereocenters. The highest BCUT2D eigenvalue weighted by molar-refractivity contribution is 5.26. The Morgan fingerprint density at radius 2 is 1.83 bits per heavy atom. The summed E-state index contributed by atoms with van der Waals surface area (Å²) in [6, 6.07) is 10.7. The van der Waals surface area contributed by atoms with Crippen molar-refractivity contribution in [1.82, 2.24) is 0 Å². The van der Waals surface area contributed by atoms with Crippen molar-refractivity contribution in [2.24, 2.45) is 34.5 Å². The van der Waals surface area contributed by atoms with Crippen LogP contribution in [0.15, 0.2) is 54.1 Å². The molecule has 0 saturated heterocycles. The second-order valence-electron chi connectivity index (χ2n) is 11.4. The highest BCUT2D eigenvalue weighted by atomic mass is 16.5. The molecule has 0 amide bonds. The lowest BCUT2D eigenvalue weighted by Gasteiger charge is -2.58. The fourth-order valence-corrected chi connectivity index (χ4v) is 8.37. The normalized spacial score (nSPS) is 42.6. The fourth-order valence-electron chi connectivity index (χ4n) is 8.37. The molecule has 4 aliphatic rings. The van der Waals surface area contributed by atoms with Crippen molar-refractivity contribution in [3.63, 3.8) is 0 Å². The van der Waals surface area contributed by atoms with Gasteiger partial charge in [0.2, 0.25) is 0 Å². The Bertz CT molecular complexity index is 822. The molecule has 30 heavy (non-hydrogen) atoms. The van der Waals surface area contributed by atoms with Crippen LogP contribution in [-0.2, 0) is 11.3 Å². The fraction of sp³-hybridized carbons (Fsp3) is 0.655. The molecule has 0 radical (unpaired) electrons. The van der Waals surface area contributed by atoms with Crippen LogP contribution in [-0.4, -0.2) is 6.10 Å². The Labute approximate surface area is 184 Å². The summed E-state index contributed by atoms with van der Waals surface area (Å²) in [5.41, 5.74) is 5.38. The molecule has 0 N–H and O–H groups in total. The monoisotopic (exact) mass is 404 g/mol. The van der Waals surface area contributed by atoms with Gasteiger partial charge in [0.05, 0.1) is 12.7 Å². The quantitative estimate of drug-likeness (QED) is 0.467. The Hall–Kier alpha value is -1.34. The zero-order chi connectivity index (χ0) is 20.9. The van der Waals surface area contributed by atoms with E-state index in [9.17, 15) is 0 Å². The second kappa shape index (κ2) is 7.66. The van der Waals surface area contributed by atoms with Crippen molar-refractivity contribution < 1.29 is 4.74 Å². The molecule has 7 atom stereocenters. The minimum atomic E-state index is 0.397. The number of ether oxygens (including phenoxy) is 1. The number of hydrogen-bond acceptors (Lipinski definition) is 1. The van der Waals surface area contributed by atoms with E-state index in [1.165, 1.54) is 56.1 Å². The minimum Gasteiger partial charge on any atom is -0.373 e. The molecule has 1 heteroatoms. The average Bonchev–Trinajstić information content (AvgIpc) is 3.10. The van der Waals surface area contributed by atoms with Gasteiger partial charge in [0.25, 0.3) is 0 Å². The van der Waals surface area contributed by atoms with Crippen LogP contribution >= 0.6 is 0 Å². The van der Waals surface area contributed by atoms with Crippen LogP contribution in [0.2, 0.25) is 0 Å². The summed E-state index contributed by atoms with van der Waals surface area (Å²) in [5.74, 6) is 3.43. The molecule has 1 nitrogen and oxygen atoms in total. The minimum absolute atomic E-state index is 0.397. The first-order chi connectivity index (χ1) is 14.4. The summed E-state index contributed by atoms with van der Waals surface area (Å²) < 4.78 is 6.37. The van der Waals surface area contributed by atoms with Crippen molar-refractivity contribution in [3.05, 3.63) is 59.7 Å². The van der Waals surface area contributed by atoms with Crippen LogP contribution in [0.25, 0.3) is 0 Å². The van der Waals surface area contributed by atoms with E-state index in [2.05, 4.69) is 63.8 Å². The van der Waals surface area contributed by atoms with Crippen molar-refractivity contribution in [3.8, 4) is 0 Å². The van der Waals surface area contributed by atoms with Crippen LogP contribution in [0.5, 0.6) is 0 Å². The molecule has 0 aromatic heterocycles. The number of fused-ring (bicyclic) bond motifs is 5.